The highest BCUT2D eigenvalue weighted by atomic mass is 32.2. The fraction of sp³-hybridized carbons (Fsp3) is 0.621. The molecule has 2 bridgehead atoms. The van der Waals surface area contributed by atoms with Crippen molar-refractivity contribution in [3.8, 4) is 0 Å². The molecule has 1 saturated carbocycles. The van der Waals surface area contributed by atoms with Crippen molar-refractivity contribution in [2.24, 2.45) is 23.7 Å². The summed E-state index contributed by atoms with van der Waals surface area (Å²) < 4.78 is 11.7. The maximum Gasteiger partial charge on any atom is 0.246 e. The van der Waals surface area contributed by atoms with Crippen LogP contribution < -0.4 is 10.6 Å². The number of rotatable bonds is 9. The first-order valence-electron chi connectivity index (χ1n) is 13.7. The third-order valence-electron chi connectivity index (χ3n) is 9.04. The van der Waals surface area contributed by atoms with Crippen LogP contribution in [0.3, 0.4) is 0 Å². The van der Waals surface area contributed by atoms with E-state index in [-0.39, 0.29) is 23.8 Å². The van der Waals surface area contributed by atoms with Crippen molar-refractivity contribution in [1.82, 2.24) is 10.2 Å². The van der Waals surface area contributed by atoms with Crippen LogP contribution in [0.1, 0.15) is 39.5 Å². The molecule has 3 aliphatic heterocycles. The van der Waals surface area contributed by atoms with E-state index in [9.17, 15) is 14.4 Å². The summed E-state index contributed by atoms with van der Waals surface area (Å²) in [5.41, 5.74) is -0.467. The van der Waals surface area contributed by atoms with Crippen LogP contribution in [0.5, 0.6) is 0 Å². The molecule has 206 valence electrons. The Labute approximate surface area is 229 Å². The number of hydrogen-bond donors (Lipinski definition) is 2. The number of benzene rings is 1. The summed E-state index contributed by atoms with van der Waals surface area (Å²) in [5.74, 6) is -1.22. The van der Waals surface area contributed by atoms with Crippen LogP contribution in [-0.2, 0) is 23.9 Å². The third kappa shape index (κ3) is 4.67. The number of fused-ring (bicyclic) bond motifs is 1. The molecule has 8 nitrogen and oxygen atoms in total. The first-order valence-corrected chi connectivity index (χ1v) is 14.9. The summed E-state index contributed by atoms with van der Waals surface area (Å²) in [6, 6.07) is 6.87. The Bertz CT molecular complexity index is 1110. The zero-order valence-electron chi connectivity index (χ0n) is 22.6. The molecular formula is C29H39N3O5S. The molecule has 0 unspecified atom stereocenters. The summed E-state index contributed by atoms with van der Waals surface area (Å²) in [5, 5.41) is 6.29. The van der Waals surface area contributed by atoms with Gasteiger partial charge in [-0.05, 0) is 49.1 Å². The molecule has 9 heteroatoms. The van der Waals surface area contributed by atoms with E-state index < -0.39 is 29.6 Å². The van der Waals surface area contributed by atoms with Gasteiger partial charge in [0, 0.05) is 36.9 Å². The van der Waals surface area contributed by atoms with E-state index in [1.165, 1.54) is 0 Å². The van der Waals surface area contributed by atoms with Crippen LogP contribution in [0.25, 0.3) is 0 Å². The smallest absolute Gasteiger partial charge is 0.246 e. The van der Waals surface area contributed by atoms with Gasteiger partial charge >= 0.3 is 0 Å². The van der Waals surface area contributed by atoms with Crippen LogP contribution in [0.2, 0.25) is 0 Å². The van der Waals surface area contributed by atoms with E-state index in [1.807, 2.05) is 42.7 Å². The first-order chi connectivity index (χ1) is 18.3. The highest BCUT2D eigenvalue weighted by molar-refractivity contribution is 7.98. The quantitative estimate of drug-likeness (QED) is 0.282. The van der Waals surface area contributed by atoms with E-state index in [4.69, 9.17) is 9.47 Å². The topological polar surface area (TPSA) is 97.0 Å². The van der Waals surface area contributed by atoms with Crippen LogP contribution in [-0.4, -0.2) is 72.9 Å². The van der Waals surface area contributed by atoms with E-state index in [1.54, 1.807) is 23.8 Å². The van der Waals surface area contributed by atoms with Gasteiger partial charge in [0.25, 0.3) is 0 Å². The fourth-order valence-corrected chi connectivity index (χ4v) is 7.32. The summed E-state index contributed by atoms with van der Waals surface area (Å²) in [4.78, 5) is 44.2. The predicted octanol–water partition coefficient (Wildman–Crippen LogP) is 3.48. The second-order valence-corrected chi connectivity index (χ2v) is 12.1. The maximum atomic E-state index is 14.0. The lowest BCUT2D eigenvalue weighted by Crippen LogP contribution is -2.58. The summed E-state index contributed by atoms with van der Waals surface area (Å²) in [6.45, 7) is 5.26. The third-order valence-corrected chi connectivity index (χ3v) is 9.77. The molecule has 1 aliphatic carbocycles. The molecule has 4 aliphatic rings. The number of anilines is 1. The summed E-state index contributed by atoms with van der Waals surface area (Å²) >= 11 is 1.59. The molecule has 2 saturated heterocycles. The second kappa shape index (κ2) is 11.0. The fourth-order valence-electron chi connectivity index (χ4n) is 6.86. The van der Waals surface area contributed by atoms with Gasteiger partial charge in [-0.15, -0.1) is 11.8 Å². The minimum Gasteiger partial charge on any atom is -0.385 e. The molecule has 3 amide bonds. The van der Waals surface area contributed by atoms with Crippen molar-refractivity contribution in [3.05, 3.63) is 36.4 Å². The molecule has 1 spiro atoms. The zero-order valence-corrected chi connectivity index (χ0v) is 23.5. The average Bonchev–Trinajstić information content (AvgIpc) is 3.54. The molecule has 0 aromatic heterocycles. The summed E-state index contributed by atoms with van der Waals surface area (Å²) in [7, 11) is 1.62. The number of thioether (sulfide) groups is 1. The first kappa shape index (κ1) is 27.2. The van der Waals surface area contributed by atoms with Crippen molar-refractivity contribution < 1.29 is 23.9 Å². The predicted molar refractivity (Wildman–Crippen MR) is 147 cm³/mol. The van der Waals surface area contributed by atoms with Crippen LogP contribution in [0, 0.1) is 23.7 Å². The van der Waals surface area contributed by atoms with Crippen LogP contribution in [0.4, 0.5) is 5.69 Å². The van der Waals surface area contributed by atoms with Gasteiger partial charge in [0.1, 0.15) is 11.6 Å². The maximum absolute atomic E-state index is 14.0. The van der Waals surface area contributed by atoms with Crippen molar-refractivity contribution in [2.75, 3.05) is 31.8 Å². The Balaban J connectivity index is 1.42. The van der Waals surface area contributed by atoms with E-state index in [2.05, 4.69) is 24.5 Å². The minimum absolute atomic E-state index is 0.0583. The van der Waals surface area contributed by atoms with E-state index >= 15 is 0 Å². The molecular weight excluding hydrogens is 502 g/mol. The Morgan fingerprint density at radius 2 is 2.05 bits per heavy atom. The Hall–Kier alpha value is -2.36. The number of likely N-dealkylation sites (tertiary alicyclic amines) is 1. The number of amides is 3. The number of carbonyl (C=O) groups excluding carboxylic acids is 3. The number of carbonyl (C=O) groups is 3. The lowest BCUT2D eigenvalue weighted by Gasteiger charge is -2.38. The largest absolute Gasteiger partial charge is 0.385 e. The van der Waals surface area contributed by atoms with Crippen LogP contribution in [0.15, 0.2) is 41.3 Å². The Morgan fingerprint density at radius 3 is 2.82 bits per heavy atom. The second-order valence-electron chi connectivity index (χ2n) is 11.2. The van der Waals surface area contributed by atoms with Gasteiger partial charge in [-0.25, -0.2) is 0 Å². The Morgan fingerprint density at radius 1 is 1.24 bits per heavy atom. The number of nitrogens with one attached hydrogen (secondary N) is 2. The number of hydrogen-bond acceptors (Lipinski definition) is 6. The highest BCUT2D eigenvalue weighted by Gasteiger charge is 2.72. The normalized spacial score (nSPS) is 35.4. The summed E-state index contributed by atoms with van der Waals surface area (Å²) in [6.07, 6.45) is 8.92. The molecule has 1 aromatic carbocycles. The lowest BCUT2D eigenvalue weighted by atomic mass is 9.73. The van der Waals surface area contributed by atoms with Crippen molar-refractivity contribution in [1.29, 1.82) is 0 Å². The van der Waals surface area contributed by atoms with Gasteiger partial charge in [0.2, 0.25) is 17.7 Å². The van der Waals surface area contributed by atoms with E-state index in [0.717, 1.165) is 24.2 Å². The zero-order chi connectivity index (χ0) is 27.0. The molecule has 0 radical (unpaired) electrons. The monoisotopic (exact) mass is 541 g/mol. The molecule has 2 N–H and O–H groups in total. The number of nitrogens with zero attached hydrogens (tertiary/aromatic N) is 1. The number of ether oxygens (including phenoxy) is 2. The van der Waals surface area contributed by atoms with Gasteiger partial charge in [-0.2, -0.15) is 0 Å². The highest BCUT2D eigenvalue weighted by Crippen LogP contribution is 2.55. The van der Waals surface area contributed by atoms with Gasteiger partial charge in [0.15, 0.2) is 0 Å². The van der Waals surface area contributed by atoms with Crippen molar-refractivity contribution >= 4 is 35.2 Å². The molecule has 8 atom stereocenters. The standard InChI is InChI=1S/C29H39N3O5S/c1-17-8-5-11-21(18(17)2)31-27(34)25-29-13-12-22(37-29)23(24(29)28(35)32(25)14-7-15-36-3)26(33)30-19-9-6-10-20(16-19)38-4/h6,9-10,12-13,16-18,21-25H,5,7-8,11,14-15H2,1-4H3,(H,30,33)(H,31,34)/t17-,18+,21+,22-,23+,24-,25-,29-/m0/s1. The molecule has 5 rings (SSSR count). The minimum atomic E-state index is -1.15. The van der Waals surface area contributed by atoms with E-state index in [0.29, 0.717) is 37.1 Å². The van der Waals surface area contributed by atoms with Gasteiger partial charge in [-0.3, -0.25) is 14.4 Å². The molecule has 1 aromatic rings. The average molecular weight is 542 g/mol. The molecule has 3 heterocycles. The molecule has 3 fully saturated rings. The van der Waals surface area contributed by atoms with Gasteiger partial charge in [-0.1, -0.05) is 44.9 Å². The lowest BCUT2D eigenvalue weighted by molar-refractivity contribution is -0.141. The van der Waals surface area contributed by atoms with Gasteiger partial charge < -0.3 is 25.0 Å². The number of methoxy groups -OCH3 is 1. The Kier molecular flexibility index (Phi) is 7.89. The van der Waals surface area contributed by atoms with Crippen molar-refractivity contribution in [2.45, 2.75) is 68.2 Å². The molecule has 38 heavy (non-hydrogen) atoms. The van der Waals surface area contributed by atoms with Gasteiger partial charge in [0.05, 0.1) is 17.9 Å². The SMILES string of the molecule is COCCCN1C(=O)[C@@H]2[C@H](C(=O)Nc3cccc(SC)c3)[C@@H]3C=C[C@@]2(O3)[C@@H]1C(=O)N[C@@H]1CCC[C@H](C)[C@H]1C. The van der Waals surface area contributed by atoms with Crippen LogP contribution >= 0.6 is 11.8 Å². The van der Waals surface area contributed by atoms with Crippen molar-refractivity contribution in [3.63, 3.8) is 0 Å².